The Labute approximate surface area is 125 Å². The number of nitrogens with one attached hydrogen (secondary N) is 3. The molecule has 114 valence electrons. The minimum Gasteiger partial charge on any atom is -0.355 e. The normalized spacial score (nSPS) is 21.4. The van der Waals surface area contributed by atoms with Gasteiger partial charge in [0.15, 0.2) is 0 Å². The van der Waals surface area contributed by atoms with E-state index in [0.717, 1.165) is 6.42 Å². The van der Waals surface area contributed by atoms with Crippen molar-refractivity contribution in [2.45, 2.75) is 38.6 Å². The lowest BCUT2D eigenvalue weighted by atomic mass is 9.86. The molecule has 2 atom stereocenters. The number of amides is 3. The van der Waals surface area contributed by atoms with Gasteiger partial charge in [0.05, 0.1) is 0 Å². The highest BCUT2D eigenvalue weighted by molar-refractivity contribution is 5.95. The van der Waals surface area contributed by atoms with E-state index in [1.807, 2.05) is 0 Å². The van der Waals surface area contributed by atoms with Crippen LogP contribution in [0.5, 0.6) is 0 Å². The van der Waals surface area contributed by atoms with Gasteiger partial charge in [0.1, 0.15) is 0 Å². The molecule has 1 aromatic rings. The van der Waals surface area contributed by atoms with Crippen molar-refractivity contribution in [1.82, 2.24) is 10.6 Å². The van der Waals surface area contributed by atoms with Crippen molar-refractivity contribution in [3.05, 3.63) is 29.8 Å². The summed E-state index contributed by atoms with van der Waals surface area (Å²) in [6.45, 7) is 2.18. The predicted molar refractivity (Wildman–Crippen MR) is 83.4 cm³/mol. The molecule has 0 radical (unpaired) electrons. The van der Waals surface area contributed by atoms with Crippen LogP contribution in [0.2, 0.25) is 0 Å². The van der Waals surface area contributed by atoms with Gasteiger partial charge in [-0.1, -0.05) is 19.8 Å². The molecule has 0 bridgehead atoms. The van der Waals surface area contributed by atoms with Crippen LogP contribution in [0.4, 0.5) is 10.5 Å². The Bertz CT molecular complexity index is 499. The summed E-state index contributed by atoms with van der Waals surface area (Å²) < 4.78 is 0. The molecule has 1 fully saturated rings. The summed E-state index contributed by atoms with van der Waals surface area (Å²) in [6.07, 6.45) is 4.65. The first-order chi connectivity index (χ1) is 10.1. The molecule has 0 heterocycles. The lowest BCUT2D eigenvalue weighted by Gasteiger charge is -2.29. The van der Waals surface area contributed by atoms with E-state index in [4.69, 9.17) is 0 Å². The lowest BCUT2D eigenvalue weighted by Crippen LogP contribution is -2.43. The van der Waals surface area contributed by atoms with Crippen molar-refractivity contribution in [1.29, 1.82) is 0 Å². The van der Waals surface area contributed by atoms with Gasteiger partial charge in [-0.3, -0.25) is 4.79 Å². The van der Waals surface area contributed by atoms with E-state index in [1.165, 1.54) is 19.3 Å². The van der Waals surface area contributed by atoms with Gasteiger partial charge in [0.2, 0.25) is 0 Å². The Morgan fingerprint density at radius 1 is 1.10 bits per heavy atom. The third-order valence-corrected chi connectivity index (χ3v) is 4.06. The Morgan fingerprint density at radius 3 is 2.38 bits per heavy atom. The summed E-state index contributed by atoms with van der Waals surface area (Å²) in [5.41, 5.74) is 1.26. The summed E-state index contributed by atoms with van der Waals surface area (Å²) in [5.74, 6) is 0.391. The molecule has 1 aromatic carbocycles. The predicted octanol–water partition coefficient (Wildman–Crippen LogP) is 2.75. The summed E-state index contributed by atoms with van der Waals surface area (Å²) in [5, 5.41) is 8.41. The third-order valence-electron chi connectivity index (χ3n) is 4.06. The molecule has 1 aliphatic rings. The number of urea groups is 1. The molecular weight excluding hydrogens is 266 g/mol. The van der Waals surface area contributed by atoms with Gasteiger partial charge in [-0.15, -0.1) is 0 Å². The zero-order valence-corrected chi connectivity index (χ0v) is 12.6. The topological polar surface area (TPSA) is 70.2 Å². The van der Waals surface area contributed by atoms with Crippen LogP contribution in [0, 0.1) is 5.92 Å². The second-order valence-electron chi connectivity index (χ2n) is 5.62. The number of benzene rings is 1. The summed E-state index contributed by atoms with van der Waals surface area (Å²) in [7, 11) is 1.59. The van der Waals surface area contributed by atoms with Crippen molar-refractivity contribution in [2.75, 3.05) is 12.4 Å². The Hall–Kier alpha value is -2.04. The smallest absolute Gasteiger partial charge is 0.319 e. The van der Waals surface area contributed by atoms with Crippen LogP contribution in [0.1, 0.15) is 43.0 Å². The average Bonchev–Trinajstić information content (AvgIpc) is 2.49. The number of carbonyl (C=O) groups is 2. The minimum atomic E-state index is -0.179. The fraction of sp³-hybridized carbons (Fsp3) is 0.500. The molecule has 0 saturated heterocycles. The fourth-order valence-corrected chi connectivity index (χ4v) is 2.72. The fourth-order valence-electron chi connectivity index (χ4n) is 2.72. The van der Waals surface area contributed by atoms with Crippen LogP contribution in [0.15, 0.2) is 24.3 Å². The molecule has 1 aliphatic carbocycles. The lowest BCUT2D eigenvalue weighted by molar-refractivity contribution is 0.0963. The van der Waals surface area contributed by atoms with Crippen molar-refractivity contribution in [2.24, 2.45) is 5.92 Å². The van der Waals surface area contributed by atoms with Crippen molar-refractivity contribution >= 4 is 17.6 Å². The van der Waals surface area contributed by atoms with Crippen molar-refractivity contribution in [3.8, 4) is 0 Å². The number of hydrogen-bond acceptors (Lipinski definition) is 2. The van der Waals surface area contributed by atoms with Crippen LogP contribution >= 0.6 is 0 Å². The van der Waals surface area contributed by atoms with E-state index >= 15 is 0 Å². The quantitative estimate of drug-likeness (QED) is 0.800. The van der Waals surface area contributed by atoms with E-state index in [-0.39, 0.29) is 18.0 Å². The highest BCUT2D eigenvalue weighted by Gasteiger charge is 2.22. The summed E-state index contributed by atoms with van der Waals surface area (Å²) in [4.78, 5) is 23.4. The second kappa shape index (κ2) is 7.11. The number of rotatable bonds is 3. The van der Waals surface area contributed by atoms with Gasteiger partial charge < -0.3 is 16.0 Å². The molecule has 5 heteroatoms. The SMILES string of the molecule is CNC(=O)c1ccc(NC(=O)N[C@@H]2CCCC[C@@H]2C)cc1. The molecule has 2 rings (SSSR count). The second-order valence-corrected chi connectivity index (χ2v) is 5.62. The van der Waals surface area contributed by atoms with Crippen molar-refractivity contribution in [3.63, 3.8) is 0 Å². The van der Waals surface area contributed by atoms with Crippen LogP contribution in [0.25, 0.3) is 0 Å². The molecular formula is C16H23N3O2. The molecule has 5 nitrogen and oxygen atoms in total. The van der Waals surface area contributed by atoms with Gasteiger partial charge in [0.25, 0.3) is 5.91 Å². The van der Waals surface area contributed by atoms with E-state index < -0.39 is 0 Å². The van der Waals surface area contributed by atoms with E-state index in [9.17, 15) is 9.59 Å². The maximum Gasteiger partial charge on any atom is 0.319 e. The maximum absolute atomic E-state index is 12.0. The number of carbonyl (C=O) groups excluding carboxylic acids is 2. The van der Waals surface area contributed by atoms with Gasteiger partial charge in [-0.05, 0) is 43.0 Å². The van der Waals surface area contributed by atoms with Gasteiger partial charge in [-0.2, -0.15) is 0 Å². The van der Waals surface area contributed by atoms with E-state index in [1.54, 1.807) is 31.3 Å². The van der Waals surface area contributed by atoms with Gasteiger partial charge in [0, 0.05) is 24.3 Å². The summed E-state index contributed by atoms with van der Waals surface area (Å²) in [6, 6.07) is 6.92. The molecule has 1 saturated carbocycles. The van der Waals surface area contributed by atoms with Crippen LogP contribution in [-0.4, -0.2) is 25.0 Å². The van der Waals surface area contributed by atoms with E-state index in [2.05, 4.69) is 22.9 Å². The minimum absolute atomic E-state index is 0.137. The van der Waals surface area contributed by atoms with E-state index in [0.29, 0.717) is 17.2 Å². The molecule has 3 amide bonds. The zero-order chi connectivity index (χ0) is 15.2. The standard InChI is InChI=1S/C16H23N3O2/c1-11-5-3-4-6-14(11)19-16(21)18-13-9-7-12(8-10-13)15(20)17-2/h7-11,14H,3-6H2,1-2H3,(H,17,20)(H2,18,19,21)/t11-,14+/m0/s1. The Balaban J connectivity index is 1.88. The Morgan fingerprint density at radius 2 is 1.76 bits per heavy atom. The summed E-state index contributed by atoms with van der Waals surface area (Å²) >= 11 is 0. The third kappa shape index (κ3) is 4.21. The van der Waals surface area contributed by atoms with Crippen LogP contribution in [0.3, 0.4) is 0 Å². The van der Waals surface area contributed by atoms with Gasteiger partial charge >= 0.3 is 6.03 Å². The number of anilines is 1. The molecule has 0 aliphatic heterocycles. The molecule has 0 spiro atoms. The Kier molecular flexibility index (Phi) is 5.20. The van der Waals surface area contributed by atoms with Crippen LogP contribution in [-0.2, 0) is 0 Å². The van der Waals surface area contributed by atoms with Crippen LogP contribution < -0.4 is 16.0 Å². The van der Waals surface area contributed by atoms with Gasteiger partial charge in [-0.25, -0.2) is 4.79 Å². The maximum atomic E-state index is 12.0. The molecule has 21 heavy (non-hydrogen) atoms. The molecule has 3 N–H and O–H groups in total. The first-order valence-corrected chi connectivity index (χ1v) is 7.50. The average molecular weight is 289 g/mol. The first-order valence-electron chi connectivity index (χ1n) is 7.50. The van der Waals surface area contributed by atoms with Crippen molar-refractivity contribution < 1.29 is 9.59 Å². The first kappa shape index (κ1) is 15.4. The largest absolute Gasteiger partial charge is 0.355 e. The molecule has 0 unspecified atom stereocenters. The highest BCUT2D eigenvalue weighted by atomic mass is 16.2. The monoisotopic (exact) mass is 289 g/mol. The number of hydrogen-bond donors (Lipinski definition) is 3. The highest BCUT2D eigenvalue weighted by Crippen LogP contribution is 2.23. The zero-order valence-electron chi connectivity index (χ0n) is 12.6. The molecule has 0 aromatic heterocycles.